The van der Waals surface area contributed by atoms with Gasteiger partial charge in [0, 0.05) is 25.6 Å². The van der Waals surface area contributed by atoms with Crippen molar-refractivity contribution in [2.24, 2.45) is 0 Å². The van der Waals surface area contributed by atoms with Gasteiger partial charge in [-0.2, -0.15) is 0 Å². The molecule has 3 N–H and O–H groups in total. The highest BCUT2D eigenvalue weighted by molar-refractivity contribution is 6.39. The molecule has 0 radical (unpaired) electrons. The van der Waals surface area contributed by atoms with E-state index in [0.717, 1.165) is 11.5 Å². The van der Waals surface area contributed by atoms with Crippen LogP contribution in [0, 0.1) is 5.82 Å². The smallest absolute Gasteiger partial charge is 0.326 e. The molecule has 1 amide bonds. The van der Waals surface area contributed by atoms with Gasteiger partial charge in [0.25, 0.3) is 5.91 Å². The summed E-state index contributed by atoms with van der Waals surface area (Å²) in [6.45, 7) is 0.211. The lowest BCUT2D eigenvalue weighted by molar-refractivity contribution is -0.139. The van der Waals surface area contributed by atoms with Crippen molar-refractivity contribution in [3.8, 4) is 5.75 Å². The number of ether oxygens (including phenoxy) is 1. The number of nitrogens with zero attached hydrogens (tertiary/aromatic N) is 1. The Morgan fingerprint density at radius 2 is 1.82 bits per heavy atom. The first kappa shape index (κ1) is 25.3. The van der Waals surface area contributed by atoms with Crippen molar-refractivity contribution in [1.29, 1.82) is 0 Å². The molecule has 0 fully saturated rings. The third-order valence-electron chi connectivity index (χ3n) is 4.91. The second-order valence-electron chi connectivity index (χ2n) is 7.29. The minimum Gasteiger partial charge on any atom is -0.490 e. The molecule has 0 saturated heterocycles. The molecule has 3 aromatic rings. The van der Waals surface area contributed by atoms with Crippen molar-refractivity contribution in [2.45, 2.75) is 18.9 Å². The summed E-state index contributed by atoms with van der Waals surface area (Å²) in [4.78, 5) is 28.6. The molecule has 3 rings (SSSR count). The Kier molecular flexibility index (Phi) is 8.67. The Morgan fingerprint density at radius 1 is 1.12 bits per heavy atom. The van der Waals surface area contributed by atoms with Crippen LogP contribution in [-0.4, -0.2) is 41.7 Å². The number of nitrogens with one attached hydrogen (secondary N) is 2. The van der Waals surface area contributed by atoms with Gasteiger partial charge in [0.1, 0.15) is 11.9 Å². The van der Waals surface area contributed by atoms with Crippen molar-refractivity contribution >= 4 is 40.9 Å². The minimum atomic E-state index is -1.32. The van der Waals surface area contributed by atoms with Crippen molar-refractivity contribution < 1.29 is 23.8 Å². The third-order valence-corrected chi connectivity index (χ3v) is 5.54. The first-order valence-corrected chi connectivity index (χ1v) is 11.1. The fourth-order valence-corrected chi connectivity index (χ4v) is 3.76. The molecule has 0 aliphatic heterocycles. The standard InChI is InChI=1S/C24H22Cl2FN3O4/c1-28-21-7-2-4-15(29-21)10-11-34-20-9-8-14(12-18(20)27)13-19(24(32)33)30-23(31)22-16(25)5-3-6-17(22)26/h2-9,12,19H,10-11,13H2,1H3,(H,28,29)(H,30,31)(H,32,33)/t19-/m0/s1. The number of carboxylic acid groups (broad SMARTS) is 1. The number of carboxylic acids is 1. The molecular formula is C24H22Cl2FN3O4. The third kappa shape index (κ3) is 6.59. The summed E-state index contributed by atoms with van der Waals surface area (Å²) in [5, 5.41) is 15.1. The molecule has 0 aliphatic rings. The molecule has 1 heterocycles. The van der Waals surface area contributed by atoms with Gasteiger partial charge in [0.05, 0.1) is 22.2 Å². The van der Waals surface area contributed by atoms with Crippen molar-refractivity contribution in [3.05, 3.63) is 87.3 Å². The maximum atomic E-state index is 14.6. The maximum absolute atomic E-state index is 14.6. The average molecular weight is 506 g/mol. The van der Waals surface area contributed by atoms with Gasteiger partial charge in [-0.1, -0.05) is 41.4 Å². The molecule has 178 valence electrons. The summed E-state index contributed by atoms with van der Waals surface area (Å²) >= 11 is 12.0. The average Bonchev–Trinajstić information content (AvgIpc) is 2.80. The van der Waals surface area contributed by atoms with Gasteiger partial charge in [-0.05, 0) is 42.0 Å². The topological polar surface area (TPSA) is 101 Å². The minimum absolute atomic E-state index is 0.0262. The Hall–Kier alpha value is -3.36. The Morgan fingerprint density at radius 3 is 2.47 bits per heavy atom. The monoisotopic (exact) mass is 505 g/mol. The van der Waals surface area contributed by atoms with Crippen LogP contribution in [0.4, 0.5) is 10.2 Å². The molecule has 34 heavy (non-hydrogen) atoms. The fourth-order valence-electron chi connectivity index (χ4n) is 3.19. The Bertz CT molecular complexity index is 1170. The van der Waals surface area contributed by atoms with E-state index < -0.39 is 23.7 Å². The number of anilines is 1. The molecule has 0 saturated carbocycles. The number of carbonyl (C=O) groups is 2. The van der Waals surface area contributed by atoms with Crippen molar-refractivity contribution in [2.75, 3.05) is 19.0 Å². The summed E-state index contributed by atoms with van der Waals surface area (Å²) in [5.41, 5.74) is 1.13. The normalized spacial score (nSPS) is 11.5. The number of amides is 1. The number of rotatable bonds is 10. The van der Waals surface area contributed by atoms with Crippen LogP contribution in [0.5, 0.6) is 5.75 Å². The molecule has 2 aromatic carbocycles. The van der Waals surface area contributed by atoms with Gasteiger partial charge in [-0.15, -0.1) is 0 Å². The lowest BCUT2D eigenvalue weighted by Gasteiger charge is -2.16. The van der Waals surface area contributed by atoms with E-state index in [0.29, 0.717) is 12.0 Å². The van der Waals surface area contributed by atoms with Crippen LogP contribution >= 0.6 is 23.2 Å². The number of hydrogen-bond acceptors (Lipinski definition) is 5. The molecule has 0 aliphatic carbocycles. The Balaban J connectivity index is 1.63. The molecule has 1 atom stereocenters. The number of aliphatic carboxylic acids is 1. The maximum Gasteiger partial charge on any atom is 0.326 e. The van der Waals surface area contributed by atoms with Crippen molar-refractivity contribution in [1.82, 2.24) is 10.3 Å². The summed E-state index contributed by atoms with van der Waals surface area (Å²) in [5.74, 6) is -1.90. The van der Waals surface area contributed by atoms with Crippen LogP contribution in [0.2, 0.25) is 10.0 Å². The summed E-state index contributed by atoms with van der Waals surface area (Å²) in [6.07, 6.45) is 0.329. The Labute approximate surface area is 205 Å². The zero-order valence-electron chi connectivity index (χ0n) is 18.1. The van der Waals surface area contributed by atoms with Crippen LogP contribution in [-0.2, 0) is 17.6 Å². The fraction of sp³-hybridized carbons (Fsp3) is 0.208. The molecule has 1 aromatic heterocycles. The lowest BCUT2D eigenvalue weighted by Crippen LogP contribution is -2.42. The summed E-state index contributed by atoms with van der Waals surface area (Å²) in [7, 11) is 1.77. The van der Waals surface area contributed by atoms with Crippen LogP contribution in [0.3, 0.4) is 0 Å². The number of pyridine rings is 1. The molecule has 0 bridgehead atoms. The van der Waals surface area contributed by atoms with Crippen LogP contribution in [0.1, 0.15) is 21.6 Å². The number of carbonyl (C=O) groups excluding carboxylic acids is 1. The van der Waals surface area contributed by atoms with Gasteiger partial charge >= 0.3 is 5.97 Å². The van der Waals surface area contributed by atoms with E-state index in [1.54, 1.807) is 19.2 Å². The number of aromatic nitrogens is 1. The van der Waals surface area contributed by atoms with E-state index in [2.05, 4.69) is 15.6 Å². The predicted octanol–water partition coefficient (Wildman–Crippen LogP) is 4.62. The molecule has 10 heteroatoms. The van der Waals surface area contributed by atoms with E-state index >= 15 is 0 Å². The van der Waals surface area contributed by atoms with E-state index in [4.69, 9.17) is 27.9 Å². The highest BCUT2D eigenvalue weighted by Crippen LogP contribution is 2.24. The van der Waals surface area contributed by atoms with Gasteiger partial charge in [0.15, 0.2) is 11.6 Å². The van der Waals surface area contributed by atoms with E-state index in [9.17, 15) is 19.1 Å². The van der Waals surface area contributed by atoms with Crippen LogP contribution in [0.25, 0.3) is 0 Å². The van der Waals surface area contributed by atoms with Gasteiger partial charge in [-0.25, -0.2) is 14.2 Å². The summed E-state index contributed by atoms with van der Waals surface area (Å²) < 4.78 is 20.1. The van der Waals surface area contributed by atoms with Gasteiger partial charge in [0.2, 0.25) is 0 Å². The zero-order chi connectivity index (χ0) is 24.7. The second-order valence-corrected chi connectivity index (χ2v) is 8.11. The first-order valence-electron chi connectivity index (χ1n) is 10.3. The molecular weight excluding hydrogens is 484 g/mol. The quantitative estimate of drug-likeness (QED) is 0.371. The highest BCUT2D eigenvalue weighted by Gasteiger charge is 2.24. The van der Waals surface area contributed by atoms with Gasteiger partial charge < -0.3 is 20.5 Å². The van der Waals surface area contributed by atoms with Crippen molar-refractivity contribution in [3.63, 3.8) is 0 Å². The molecule has 0 unspecified atom stereocenters. The van der Waals surface area contributed by atoms with Gasteiger partial charge in [-0.3, -0.25) is 4.79 Å². The summed E-state index contributed by atoms with van der Waals surface area (Å²) in [6, 6.07) is 12.9. The first-order chi connectivity index (χ1) is 16.3. The second kappa shape index (κ2) is 11.7. The van der Waals surface area contributed by atoms with E-state index in [-0.39, 0.29) is 34.4 Å². The van der Waals surface area contributed by atoms with Crippen LogP contribution < -0.4 is 15.4 Å². The predicted molar refractivity (Wildman–Crippen MR) is 128 cm³/mol. The number of benzene rings is 2. The number of halogens is 3. The zero-order valence-corrected chi connectivity index (χ0v) is 19.7. The molecule has 7 nitrogen and oxygen atoms in total. The SMILES string of the molecule is CNc1cccc(CCOc2ccc(C[C@H](NC(=O)c3c(Cl)cccc3Cl)C(=O)O)cc2F)n1. The van der Waals surface area contributed by atoms with E-state index in [1.807, 2.05) is 18.2 Å². The highest BCUT2D eigenvalue weighted by atomic mass is 35.5. The number of hydrogen-bond donors (Lipinski definition) is 3. The molecule has 0 spiro atoms. The van der Waals surface area contributed by atoms with E-state index in [1.165, 1.54) is 24.3 Å². The van der Waals surface area contributed by atoms with Crippen LogP contribution in [0.15, 0.2) is 54.6 Å². The lowest BCUT2D eigenvalue weighted by atomic mass is 10.0. The largest absolute Gasteiger partial charge is 0.490 e.